The molecule has 18 heavy (non-hydrogen) atoms. The van der Waals surface area contributed by atoms with Gasteiger partial charge in [0.05, 0.1) is 12.9 Å². The predicted octanol–water partition coefficient (Wildman–Crippen LogP) is 0.247. The third kappa shape index (κ3) is 10.5. The molecule has 0 fully saturated rings. The van der Waals surface area contributed by atoms with E-state index in [4.69, 9.17) is 0 Å². The Bertz CT molecular complexity index is 328. The molecule has 6 nitrogen and oxygen atoms in total. The first-order valence-corrected chi connectivity index (χ1v) is 7.80. The van der Waals surface area contributed by atoms with Gasteiger partial charge in [0.25, 0.3) is 0 Å². The zero-order valence-electron chi connectivity index (χ0n) is 11.4. The second kappa shape index (κ2) is 9.29. The summed E-state index contributed by atoms with van der Waals surface area (Å²) in [5.41, 5.74) is 0. The fraction of sp³-hybridized carbons (Fsp3) is 0.909. The van der Waals surface area contributed by atoms with Crippen LogP contribution in [0.5, 0.6) is 0 Å². The smallest absolute Gasteiger partial charge is 0.305 e. The number of esters is 1. The molecule has 0 saturated heterocycles. The Morgan fingerprint density at radius 1 is 1.22 bits per heavy atom. The molecule has 0 aromatic heterocycles. The Balaban J connectivity index is 3.64. The molecular weight excluding hydrogens is 256 g/mol. The van der Waals surface area contributed by atoms with E-state index in [-0.39, 0.29) is 24.6 Å². The van der Waals surface area contributed by atoms with E-state index in [1.54, 1.807) is 0 Å². The van der Waals surface area contributed by atoms with Gasteiger partial charge in [-0.05, 0) is 19.4 Å². The normalized spacial score (nSPS) is 11.8. The van der Waals surface area contributed by atoms with Crippen LogP contribution in [-0.4, -0.2) is 46.4 Å². The molecule has 0 amide bonds. The molecule has 0 heterocycles. The van der Waals surface area contributed by atoms with Gasteiger partial charge in [-0.15, -0.1) is 0 Å². The first-order chi connectivity index (χ1) is 8.37. The van der Waals surface area contributed by atoms with Crippen molar-refractivity contribution < 1.29 is 17.9 Å². The maximum Gasteiger partial charge on any atom is 0.305 e. The van der Waals surface area contributed by atoms with Gasteiger partial charge in [-0.3, -0.25) is 4.79 Å². The number of hydrogen-bond acceptors (Lipinski definition) is 5. The van der Waals surface area contributed by atoms with Crippen molar-refractivity contribution in [1.29, 1.82) is 0 Å². The van der Waals surface area contributed by atoms with Crippen LogP contribution in [0, 0.1) is 0 Å². The average molecular weight is 280 g/mol. The fourth-order valence-corrected chi connectivity index (χ4v) is 2.41. The Morgan fingerprint density at radius 3 is 2.44 bits per heavy atom. The van der Waals surface area contributed by atoms with Gasteiger partial charge < -0.3 is 10.1 Å². The van der Waals surface area contributed by atoms with Crippen LogP contribution < -0.4 is 10.0 Å². The summed E-state index contributed by atoms with van der Waals surface area (Å²) in [7, 11) is -1.98. The number of rotatable bonds is 10. The molecule has 0 rings (SSSR count). The summed E-state index contributed by atoms with van der Waals surface area (Å²) in [5.74, 6) is -0.425. The molecule has 0 aliphatic rings. The number of hydrogen-bond donors (Lipinski definition) is 2. The van der Waals surface area contributed by atoms with Crippen molar-refractivity contribution in [2.24, 2.45) is 0 Å². The van der Waals surface area contributed by atoms with Gasteiger partial charge in [0.15, 0.2) is 0 Å². The molecule has 0 aromatic rings. The van der Waals surface area contributed by atoms with Crippen LogP contribution in [0.15, 0.2) is 0 Å². The standard InChI is InChI=1S/C11H24N2O4S/c1-10(2)12-7-5-8-13-18(15,16)9-4-6-11(14)17-3/h10,12-13H,4-9H2,1-3H3. The van der Waals surface area contributed by atoms with Gasteiger partial charge in [0.2, 0.25) is 10.0 Å². The number of ether oxygens (including phenoxy) is 1. The highest BCUT2D eigenvalue weighted by Crippen LogP contribution is 1.96. The van der Waals surface area contributed by atoms with Crippen LogP contribution in [-0.2, 0) is 19.6 Å². The number of sulfonamides is 1. The molecule has 0 aliphatic carbocycles. The minimum atomic E-state index is -3.27. The van der Waals surface area contributed by atoms with Gasteiger partial charge >= 0.3 is 5.97 Å². The lowest BCUT2D eigenvalue weighted by atomic mass is 10.3. The van der Waals surface area contributed by atoms with Crippen molar-refractivity contribution in [1.82, 2.24) is 10.0 Å². The molecule has 0 bridgehead atoms. The van der Waals surface area contributed by atoms with Gasteiger partial charge in [-0.1, -0.05) is 13.8 Å². The van der Waals surface area contributed by atoms with E-state index in [1.807, 2.05) is 13.8 Å². The van der Waals surface area contributed by atoms with Crippen molar-refractivity contribution >= 4 is 16.0 Å². The topological polar surface area (TPSA) is 84.5 Å². The van der Waals surface area contributed by atoms with Crippen molar-refractivity contribution in [3.8, 4) is 0 Å². The lowest BCUT2D eigenvalue weighted by Crippen LogP contribution is -2.31. The first-order valence-electron chi connectivity index (χ1n) is 6.15. The number of carbonyl (C=O) groups excluding carboxylic acids is 1. The number of carbonyl (C=O) groups is 1. The molecular formula is C11H24N2O4S. The summed E-state index contributed by atoms with van der Waals surface area (Å²) >= 11 is 0. The second-order valence-electron chi connectivity index (χ2n) is 4.36. The molecule has 2 N–H and O–H groups in total. The summed E-state index contributed by atoms with van der Waals surface area (Å²) in [6.07, 6.45) is 1.16. The Morgan fingerprint density at radius 2 is 1.89 bits per heavy atom. The van der Waals surface area contributed by atoms with Crippen LogP contribution >= 0.6 is 0 Å². The molecule has 0 saturated carbocycles. The van der Waals surface area contributed by atoms with Crippen LogP contribution in [0.3, 0.4) is 0 Å². The number of nitrogens with one attached hydrogen (secondary N) is 2. The molecule has 0 unspecified atom stereocenters. The van der Waals surface area contributed by atoms with Gasteiger partial charge in [0, 0.05) is 19.0 Å². The van der Waals surface area contributed by atoms with E-state index in [0.717, 1.165) is 13.0 Å². The second-order valence-corrected chi connectivity index (χ2v) is 6.28. The molecule has 0 radical (unpaired) electrons. The van der Waals surface area contributed by atoms with Crippen LogP contribution in [0.4, 0.5) is 0 Å². The van der Waals surface area contributed by atoms with E-state index in [0.29, 0.717) is 12.6 Å². The van der Waals surface area contributed by atoms with E-state index >= 15 is 0 Å². The van der Waals surface area contributed by atoms with Gasteiger partial charge in [-0.25, -0.2) is 13.1 Å². The van der Waals surface area contributed by atoms with Gasteiger partial charge in [-0.2, -0.15) is 0 Å². The maximum atomic E-state index is 11.5. The number of methoxy groups -OCH3 is 1. The van der Waals surface area contributed by atoms with Gasteiger partial charge in [0.1, 0.15) is 0 Å². The van der Waals surface area contributed by atoms with Crippen LogP contribution in [0.25, 0.3) is 0 Å². The molecule has 7 heteroatoms. The van der Waals surface area contributed by atoms with Crippen molar-refractivity contribution in [3.05, 3.63) is 0 Å². The minimum absolute atomic E-state index is 0.0420. The van der Waals surface area contributed by atoms with Crippen molar-refractivity contribution in [3.63, 3.8) is 0 Å². The lowest BCUT2D eigenvalue weighted by molar-refractivity contribution is -0.140. The summed E-state index contributed by atoms with van der Waals surface area (Å²) in [6, 6.07) is 0.404. The zero-order valence-corrected chi connectivity index (χ0v) is 12.2. The Labute approximate surface area is 110 Å². The average Bonchev–Trinajstić information content (AvgIpc) is 2.27. The molecule has 0 aliphatic heterocycles. The molecule has 108 valence electrons. The maximum absolute atomic E-state index is 11.5. The third-order valence-corrected chi connectivity index (χ3v) is 3.72. The van der Waals surface area contributed by atoms with E-state index in [1.165, 1.54) is 7.11 Å². The first kappa shape index (κ1) is 17.3. The monoisotopic (exact) mass is 280 g/mol. The third-order valence-electron chi connectivity index (χ3n) is 2.25. The van der Waals surface area contributed by atoms with Crippen LogP contribution in [0.2, 0.25) is 0 Å². The van der Waals surface area contributed by atoms with E-state index in [9.17, 15) is 13.2 Å². The Kier molecular flexibility index (Phi) is 8.95. The summed E-state index contributed by atoms with van der Waals surface area (Å²) in [5, 5.41) is 3.20. The summed E-state index contributed by atoms with van der Waals surface area (Å²) < 4.78 is 30.0. The highest BCUT2D eigenvalue weighted by atomic mass is 32.2. The molecule has 0 spiro atoms. The van der Waals surface area contributed by atoms with Crippen molar-refractivity contribution in [2.75, 3.05) is 26.0 Å². The SMILES string of the molecule is COC(=O)CCCS(=O)(=O)NCCCNC(C)C. The Hall–Kier alpha value is -0.660. The molecule has 0 atom stereocenters. The quantitative estimate of drug-likeness (QED) is 0.442. The van der Waals surface area contributed by atoms with E-state index < -0.39 is 10.0 Å². The highest BCUT2D eigenvalue weighted by Gasteiger charge is 2.10. The van der Waals surface area contributed by atoms with Crippen molar-refractivity contribution in [2.45, 2.75) is 39.2 Å². The summed E-state index contributed by atoms with van der Waals surface area (Å²) in [6.45, 7) is 5.27. The summed E-state index contributed by atoms with van der Waals surface area (Å²) in [4.78, 5) is 10.8. The van der Waals surface area contributed by atoms with Crippen LogP contribution in [0.1, 0.15) is 33.1 Å². The molecule has 0 aromatic carbocycles. The predicted molar refractivity (Wildman–Crippen MR) is 70.8 cm³/mol. The highest BCUT2D eigenvalue weighted by molar-refractivity contribution is 7.89. The lowest BCUT2D eigenvalue weighted by Gasteiger charge is -2.09. The largest absolute Gasteiger partial charge is 0.469 e. The minimum Gasteiger partial charge on any atom is -0.469 e. The fourth-order valence-electron chi connectivity index (χ4n) is 1.29. The van der Waals surface area contributed by atoms with E-state index in [2.05, 4.69) is 14.8 Å². The zero-order chi connectivity index (χ0) is 14.0.